The summed E-state index contributed by atoms with van der Waals surface area (Å²) >= 11 is 0. The molecule has 3 N–H and O–H groups in total. The highest BCUT2D eigenvalue weighted by atomic mass is 32.2. The van der Waals surface area contributed by atoms with E-state index in [2.05, 4.69) is 10.2 Å². The molecule has 0 radical (unpaired) electrons. The largest absolute Gasteiger partial charge is 0.383 e. The molecule has 1 unspecified atom stereocenters. The minimum absolute atomic E-state index is 0.0769. The Labute approximate surface area is 81.4 Å². The molecule has 0 aliphatic carbocycles. The van der Waals surface area contributed by atoms with Gasteiger partial charge in [0, 0.05) is 6.61 Å². The van der Waals surface area contributed by atoms with Gasteiger partial charge in [-0.05, 0) is 6.42 Å². The molecule has 1 aromatic heterocycles. The van der Waals surface area contributed by atoms with Gasteiger partial charge in [-0.15, -0.1) is 0 Å². The molecule has 1 atom stereocenters. The summed E-state index contributed by atoms with van der Waals surface area (Å²) in [6, 6.07) is 0. The third kappa shape index (κ3) is 1.38. The highest BCUT2D eigenvalue weighted by Crippen LogP contribution is 2.24. The van der Waals surface area contributed by atoms with Gasteiger partial charge >= 0.3 is 0 Å². The first-order chi connectivity index (χ1) is 6.62. The number of hydrogen-bond donors (Lipinski definition) is 2. The SMILES string of the molecule is Nc1[nH]ncc1S(=O)(=O)C1CCOC1. The van der Waals surface area contributed by atoms with Gasteiger partial charge in [-0.2, -0.15) is 5.10 Å². The van der Waals surface area contributed by atoms with Gasteiger partial charge in [-0.1, -0.05) is 0 Å². The Kier molecular flexibility index (Phi) is 2.20. The maximum Gasteiger partial charge on any atom is 0.188 e. The highest BCUT2D eigenvalue weighted by Gasteiger charge is 2.33. The van der Waals surface area contributed by atoms with Crippen molar-refractivity contribution >= 4 is 15.7 Å². The van der Waals surface area contributed by atoms with Crippen LogP contribution in [0.5, 0.6) is 0 Å². The summed E-state index contributed by atoms with van der Waals surface area (Å²) in [6.45, 7) is 0.731. The predicted molar refractivity (Wildman–Crippen MR) is 49.4 cm³/mol. The lowest BCUT2D eigenvalue weighted by Crippen LogP contribution is -2.21. The minimum atomic E-state index is -3.37. The summed E-state index contributed by atoms with van der Waals surface area (Å²) in [5, 5.41) is 5.51. The molecule has 0 spiro atoms. The molecule has 1 aliphatic rings. The molecule has 0 saturated carbocycles. The van der Waals surface area contributed by atoms with E-state index in [-0.39, 0.29) is 17.3 Å². The fourth-order valence-corrected chi connectivity index (χ4v) is 3.04. The smallest absolute Gasteiger partial charge is 0.188 e. The van der Waals surface area contributed by atoms with E-state index >= 15 is 0 Å². The van der Waals surface area contributed by atoms with E-state index in [1.54, 1.807) is 0 Å². The summed E-state index contributed by atoms with van der Waals surface area (Å²) in [7, 11) is -3.37. The van der Waals surface area contributed by atoms with E-state index in [0.29, 0.717) is 13.0 Å². The van der Waals surface area contributed by atoms with Gasteiger partial charge in [0.1, 0.15) is 10.7 Å². The van der Waals surface area contributed by atoms with E-state index in [4.69, 9.17) is 10.5 Å². The number of nitrogens with two attached hydrogens (primary N) is 1. The second-order valence-corrected chi connectivity index (χ2v) is 5.38. The van der Waals surface area contributed by atoms with Crippen molar-refractivity contribution in [2.45, 2.75) is 16.6 Å². The van der Waals surface area contributed by atoms with Crippen LogP contribution in [0.15, 0.2) is 11.1 Å². The molecular formula is C7H11N3O3S. The van der Waals surface area contributed by atoms with Crippen molar-refractivity contribution in [3.8, 4) is 0 Å². The molecule has 0 bridgehead atoms. The van der Waals surface area contributed by atoms with Crippen molar-refractivity contribution in [2.24, 2.45) is 0 Å². The van der Waals surface area contributed by atoms with Crippen LogP contribution < -0.4 is 5.73 Å². The first-order valence-electron chi connectivity index (χ1n) is 4.23. The van der Waals surface area contributed by atoms with Crippen LogP contribution in [0.4, 0.5) is 5.82 Å². The topological polar surface area (TPSA) is 98.1 Å². The molecule has 2 heterocycles. The zero-order chi connectivity index (χ0) is 10.2. The molecule has 14 heavy (non-hydrogen) atoms. The van der Waals surface area contributed by atoms with E-state index in [1.165, 1.54) is 6.20 Å². The number of anilines is 1. The minimum Gasteiger partial charge on any atom is -0.383 e. The van der Waals surface area contributed by atoms with Gasteiger partial charge < -0.3 is 10.5 Å². The summed E-state index contributed by atoms with van der Waals surface area (Å²) in [5.74, 6) is 0.0944. The standard InChI is InChI=1S/C7H11N3O3S/c8-7-6(3-9-10-7)14(11,12)5-1-2-13-4-5/h3,5H,1-2,4H2,(H3,8,9,10). The molecular weight excluding hydrogens is 206 g/mol. The van der Waals surface area contributed by atoms with Crippen LogP contribution >= 0.6 is 0 Å². The number of sulfone groups is 1. The van der Waals surface area contributed by atoms with Crippen molar-refractivity contribution in [3.63, 3.8) is 0 Å². The number of H-pyrrole nitrogens is 1. The second-order valence-electron chi connectivity index (χ2n) is 3.18. The Bertz CT molecular complexity index is 419. The van der Waals surface area contributed by atoms with E-state index in [1.807, 2.05) is 0 Å². The average molecular weight is 217 g/mol. The van der Waals surface area contributed by atoms with Gasteiger partial charge in [0.25, 0.3) is 0 Å². The molecule has 0 aromatic carbocycles. The Hall–Kier alpha value is -1.08. The number of nitrogens with one attached hydrogen (secondary N) is 1. The summed E-state index contributed by atoms with van der Waals surface area (Å²) in [4.78, 5) is 0.0769. The average Bonchev–Trinajstić information content (AvgIpc) is 2.72. The number of nitrogens with zero attached hydrogens (tertiary/aromatic N) is 1. The zero-order valence-electron chi connectivity index (χ0n) is 7.43. The van der Waals surface area contributed by atoms with Crippen LogP contribution in [-0.2, 0) is 14.6 Å². The fraction of sp³-hybridized carbons (Fsp3) is 0.571. The lowest BCUT2D eigenvalue weighted by Gasteiger charge is -2.07. The summed E-state index contributed by atoms with van der Waals surface area (Å²) in [6.07, 6.45) is 1.76. The maximum atomic E-state index is 11.9. The maximum absolute atomic E-state index is 11.9. The number of rotatable bonds is 2. The molecule has 1 saturated heterocycles. The normalized spacial score (nSPS) is 22.7. The Balaban J connectivity index is 2.37. The molecule has 1 fully saturated rings. The van der Waals surface area contributed by atoms with Crippen molar-refractivity contribution < 1.29 is 13.2 Å². The molecule has 7 heteroatoms. The van der Waals surface area contributed by atoms with Crippen LogP contribution in [0.25, 0.3) is 0 Å². The fourth-order valence-electron chi connectivity index (χ4n) is 1.45. The van der Waals surface area contributed by atoms with Crippen molar-refractivity contribution in [1.29, 1.82) is 0 Å². The van der Waals surface area contributed by atoms with Crippen molar-refractivity contribution in [1.82, 2.24) is 10.2 Å². The van der Waals surface area contributed by atoms with Crippen molar-refractivity contribution in [3.05, 3.63) is 6.20 Å². The number of aromatic amines is 1. The first-order valence-corrected chi connectivity index (χ1v) is 5.77. The molecule has 78 valence electrons. The van der Waals surface area contributed by atoms with Gasteiger partial charge in [-0.25, -0.2) is 8.42 Å². The lowest BCUT2D eigenvalue weighted by atomic mass is 10.4. The monoisotopic (exact) mass is 217 g/mol. The number of aromatic nitrogens is 2. The van der Waals surface area contributed by atoms with Crippen molar-refractivity contribution in [2.75, 3.05) is 18.9 Å². The quantitative estimate of drug-likeness (QED) is 0.699. The van der Waals surface area contributed by atoms with E-state index in [0.717, 1.165) is 0 Å². The Morgan fingerprint density at radius 3 is 2.93 bits per heavy atom. The van der Waals surface area contributed by atoms with Gasteiger partial charge in [0.15, 0.2) is 9.84 Å². The first kappa shape index (κ1) is 9.47. The van der Waals surface area contributed by atoms with Crippen LogP contribution in [0.3, 0.4) is 0 Å². The Morgan fingerprint density at radius 1 is 1.64 bits per heavy atom. The van der Waals surface area contributed by atoms with Gasteiger partial charge in [0.2, 0.25) is 0 Å². The molecule has 1 aliphatic heterocycles. The Morgan fingerprint density at radius 2 is 2.43 bits per heavy atom. The molecule has 2 rings (SSSR count). The summed E-state index contributed by atoms with van der Waals surface area (Å²) < 4.78 is 28.8. The number of ether oxygens (including phenoxy) is 1. The predicted octanol–water partition coefficient (Wildman–Crippen LogP) is -0.446. The van der Waals surface area contributed by atoms with Crippen LogP contribution in [0, 0.1) is 0 Å². The van der Waals surface area contributed by atoms with Crippen LogP contribution in [-0.4, -0.2) is 37.1 Å². The van der Waals surface area contributed by atoms with Crippen LogP contribution in [0.1, 0.15) is 6.42 Å². The molecule has 6 nitrogen and oxygen atoms in total. The second kappa shape index (κ2) is 3.25. The third-order valence-corrected chi connectivity index (χ3v) is 4.45. The van der Waals surface area contributed by atoms with E-state index in [9.17, 15) is 8.42 Å². The summed E-state index contributed by atoms with van der Waals surface area (Å²) in [5.41, 5.74) is 5.46. The molecule has 0 amide bonds. The number of nitrogen functional groups attached to an aromatic ring is 1. The van der Waals surface area contributed by atoms with Gasteiger partial charge in [0.05, 0.1) is 18.1 Å². The molecule has 1 aromatic rings. The highest BCUT2D eigenvalue weighted by molar-refractivity contribution is 7.92. The number of hydrogen-bond acceptors (Lipinski definition) is 5. The van der Waals surface area contributed by atoms with Crippen LogP contribution in [0.2, 0.25) is 0 Å². The van der Waals surface area contributed by atoms with E-state index < -0.39 is 15.1 Å². The lowest BCUT2D eigenvalue weighted by molar-refractivity contribution is 0.198. The zero-order valence-corrected chi connectivity index (χ0v) is 8.25. The van der Waals surface area contributed by atoms with Gasteiger partial charge in [-0.3, -0.25) is 5.10 Å². The third-order valence-electron chi connectivity index (χ3n) is 2.27.